The smallest absolute Gasteiger partial charge is 0.141 e. The highest BCUT2D eigenvalue weighted by molar-refractivity contribution is 5.60. The highest BCUT2D eigenvalue weighted by Crippen LogP contribution is 2.23. The molecule has 2 aromatic rings. The molecule has 4 nitrogen and oxygen atoms in total. The van der Waals surface area contributed by atoms with Crippen LogP contribution in [0, 0.1) is 0 Å². The number of benzene rings is 1. The first-order valence-electron chi connectivity index (χ1n) is 4.64. The van der Waals surface area contributed by atoms with Gasteiger partial charge in [0.05, 0.1) is 13.3 Å². The van der Waals surface area contributed by atoms with Crippen LogP contribution in [0.1, 0.15) is 0 Å². The number of nitrogens with two attached hydrogens (primary N) is 1. The van der Waals surface area contributed by atoms with Crippen LogP contribution < -0.4 is 10.5 Å². The molecule has 15 heavy (non-hydrogen) atoms. The van der Waals surface area contributed by atoms with Gasteiger partial charge in [0, 0.05) is 12.6 Å². The van der Waals surface area contributed by atoms with E-state index in [9.17, 15) is 0 Å². The lowest BCUT2D eigenvalue weighted by molar-refractivity contribution is 0.415. The second kappa shape index (κ2) is 3.65. The number of nitrogen functional groups attached to an aromatic ring is 1. The second-order valence-electron chi connectivity index (χ2n) is 3.30. The Labute approximate surface area is 88.3 Å². The average molecular weight is 203 g/mol. The summed E-state index contributed by atoms with van der Waals surface area (Å²) in [5, 5.41) is 0. The van der Waals surface area contributed by atoms with Gasteiger partial charge in [-0.1, -0.05) is 12.1 Å². The molecule has 0 aliphatic heterocycles. The number of rotatable bonds is 2. The Morgan fingerprint density at radius 1 is 1.40 bits per heavy atom. The maximum absolute atomic E-state index is 5.72. The molecule has 1 aromatic heterocycles. The molecule has 0 aliphatic rings. The number of ether oxygens (including phenoxy) is 1. The predicted octanol–water partition coefficient (Wildman–Crippen LogP) is 1.68. The first-order chi connectivity index (χ1) is 7.22. The Hall–Kier alpha value is -1.97. The summed E-state index contributed by atoms with van der Waals surface area (Å²) in [5.74, 6) is 2.30. The Bertz CT molecular complexity index is 476. The van der Waals surface area contributed by atoms with Gasteiger partial charge in [0.25, 0.3) is 0 Å². The van der Waals surface area contributed by atoms with E-state index >= 15 is 0 Å². The molecular weight excluding hydrogens is 190 g/mol. The van der Waals surface area contributed by atoms with E-state index < -0.39 is 0 Å². The third kappa shape index (κ3) is 1.66. The van der Waals surface area contributed by atoms with Crippen molar-refractivity contribution in [3.8, 4) is 17.1 Å². The molecule has 2 N–H and O–H groups in total. The van der Waals surface area contributed by atoms with Crippen molar-refractivity contribution in [1.82, 2.24) is 9.55 Å². The summed E-state index contributed by atoms with van der Waals surface area (Å²) in [6.45, 7) is 0. The highest BCUT2D eigenvalue weighted by atomic mass is 16.5. The molecule has 0 unspecified atom stereocenters. The van der Waals surface area contributed by atoms with Crippen molar-refractivity contribution in [1.29, 1.82) is 0 Å². The lowest BCUT2D eigenvalue weighted by Crippen LogP contribution is -1.98. The SMILES string of the molecule is COc1cccc(-c2ncc(N)n2C)c1. The van der Waals surface area contributed by atoms with Crippen LogP contribution in [-0.4, -0.2) is 16.7 Å². The number of hydrogen-bond acceptors (Lipinski definition) is 3. The van der Waals surface area contributed by atoms with Crippen LogP contribution in [0.2, 0.25) is 0 Å². The molecule has 0 saturated carbocycles. The predicted molar refractivity (Wildman–Crippen MR) is 59.6 cm³/mol. The fourth-order valence-corrected chi connectivity index (χ4v) is 1.45. The van der Waals surface area contributed by atoms with Crippen molar-refractivity contribution >= 4 is 5.82 Å². The standard InChI is InChI=1S/C11H13N3O/c1-14-10(12)7-13-11(14)8-4-3-5-9(6-8)15-2/h3-7H,12H2,1-2H3. The van der Waals surface area contributed by atoms with Gasteiger partial charge in [-0.25, -0.2) is 4.98 Å². The maximum atomic E-state index is 5.72. The van der Waals surface area contributed by atoms with Crippen LogP contribution in [0.3, 0.4) is 0 Å². The van der Waals surface area contributed by atoms with Crippen molar-refractivity contribution in [2.24, 2.45) is 7.05 Å². The summed E-state index contributed by atoms with van der Waals surface area (Å²) in [7, 11) is 3.53. The van der Waals surface area contributed by atoms with Crippen molar-refractivity contribution in [3.63, 3.8) is 0 Å². The van der Waals surface area contributed by atoms with Crippen LogP contribution in [0.15, 0.2) is 30.5 Å². The van der Waals surface area contributed by atoms with E-state index in [4.69, 9.17) is 10.5 Å². The van der Waals surface area contributed by atoms with Crippen molar-refractivity contribution in [2.45, 2.75) is 0 Å². The van der Waals surface area contributed by atoms with Crippen LogP contribution in [0.25, 0.3) is 11.4 Å². The molecule has 0 atom stereocenters. The van der Waals surface area contributed by atoms with E-state index in [0.29, 0.717) is 5.82 Å². The Morgan fingerprint density at radius 3 is 2.80 bits per heavy atom. The Balaban J connectivity index is 2.49. The van der Waals surface area contributed by atoms with Crippen molar-refractivity contribution in [3.05, 3.63) is 30.5 Å². The fourth-order valence-electron chi connectivity index (χ4n) is 1.45. The van der Waals surface area contributed by atoms with Gasteiger partial charge in [-0.05, 0) is 12.1 Å². The van der Waals surface area contributed by atoms with Crippen molar-refractivity contribution in [2.75, 3.05) is 12.8 Å². The first-order valence-corrected chi connectivity index (χ1v) is 4.64. The van der Waals surface area contributed by atoms with Gasteiger partial charge in [-0.3, -0.25) is 0 Å². The second-order valence-corrected chi connectivity index (χ2v) is 3.30. The minimum atomic E-state index is 0.646. The molecule has 0 aliphatic carbocycles. The summed E-state index contributed by atoms with van der Waals surface area (Å²) in [6, 6.07) is 7.74. The molecule has 78 valence electrons. The lowest BCUT2D eigenvalue weighted by atomic mass is 10.2. The largest absolute Gasteiger partial charge is 0.497 e. The maximum Gasteiger partial charge on any atom is 0.141 e. The van der Waals surface area contributed by atoms with E-state index in [1.54, 1.807) is 13.3 Å². The Kier molecular flexibility index (Phi) is 2.33. The monoisotopic (exact) mass is 203 g/mol. The third-order valence-electron chi connectivity index (χ3n) is 2.35. The van der Waals surface area contributed by atoms with E-state index in [2.05, 4.69) is 4.98 Å². The van der Waals surface area contributed by atoms with Crippen LogP contribution in [0.5, 0.6) is 5.75 Å². The number of imidazole rings is 1. The molecule has 4 heteroatoms. The summed E-state index contributed by atoms with van der Waals surface area (Å²) < 4.78 is 7.00. The molecule has 0 radical (unpaired) electrons. The minimum absolute atomic E-state index is 0.646. The van der Waals surface area contributed by atoms with Gasteiger partial charge in [0.2, 0.25) is 0 Å². The summed E-state index contributed by atoms with van der Waals surface area (Å²) in [6.07, 6.45) is 1.65. The molecule has 1 heterocycles. The van der Waals surface area contributed by atoms with E-state index in [-0.39, 0.29) is 0 Å². The molecule has 0 bridgehead atoms. The normalized spacial score (nSPS) is 10.3. The quantitative estimate of drug-likeness (QED) is 0.807. The molecular formula is C11H13N3O. The summed E-state index contributed by atoms with van der Waals surface area (Å²) in [5.41, 5.74) is 6.71. The number of nitrogens with zero attached hydrogens (tertiary/aromatic N) is 2. The fraction of sp³-hybridized carbons (Fsp3) is 0.182. The van der Waals surface area contributed by atoms with Gasteiger partial charge < -0.3 is 15.0 Å². The summed E-state index contributed by atoms with van der Waals surface area (Å²) >= 11 is 0. The number of methoxy groups -OCH3 is 1. The van der Waals surface area contributed by atoms with Crippen molar-refractivity contribution < 1.29 is 4.74 Å². The zero-order valence-electron chi connectivity index (χ0n) is 8.77. The molecule has 0 fully saturated rings. The van der Waals surface area contributed by atoms with Gasteiger partial charge in [-0.2, -0.15) is 0 Å². The zero-order valence-corrected chi connectivity index (χ0v) is 8.77. The number of hydrogen-bond donors (Lipinski definition) is 1. The van der Waals surface area contributed by atoms with Gasteiger partial charge in [0.1, 0.15) is 17.4 Å². The number of anilines is 1. The summed E-state index contributed by atoms with van der Waals surface area (Å²) in [4.78, 5) is 4.24. The van der Waals surface area contributed by atoms with E-state index in [0.717, 1.165) is 17.1 Å². The van der Waals surface area contributed by atoms with Gasteiger partial charge >= 0.3 is 0 Å². The lowest BCUT2D eigenvalue weighted by Gasteiger charge is -2.05. The Morgan fingerprint density at radius 2 is 2.20 bits per heavy atom. The first kappa shape index (κ1) is 9.58. The molecule has 0 amide bonds. The molecule has 1 aromatic carbocycles. The number of aromatic nitrogens is 2. The molecule has 2 rings (SSSR count). The molecule has 0 spiro atoms. The minimum Gasteiger partial charge on any atom is -0.497 e. The average Bonchev–Trinajstić information content (AvgIpc) is 2.60. The van der Waals surface area contributed by atoms with Crippen LogP contribution >= 0.6 is 0 Å². The van der Waals surface area contributed by atoms with E-state index in [1.807, 2.05) is 35.9 Å². The van der Waals surface area contributed by atoms with Crippen LogP contribution in [0.4, 0.5) is 5.82 Å². The topological polar surface area (TPSA) is 53.1 Å². The molecule has 0 saturated heterocycles. The van der Waals surface area contributed by atoms with Gasteiger partial charge in [0.15, 0.2) is 0 Å². The zero-order chi connectivity index (χ0) is 10.8. The van der Waals surface area contributed by atoms with Gasteiger partial charge in [-0.15, -0.1) is 0 Å². The third-order valence-corrected chi connectivity index (χ3v) is 2.35. The highest BCUT2D eigenvalue weighted by Gasteiger charge is 2.06. The van der Waals surface area contributed by atoms with E-state index in [1.165, 1.54) is 0 Å². The van der Waals surface area contributed by atoms with Crippen LogP contribution in [-0.2, 0) is 7.05 Å².